The molecule has 3 aliphatic rings. The van der Waals surface area contributed by atoms with E-state index in [2.05, 4.69) is 12.2 Å². The first-order valence-corrected chi connectivity index (χ1v) is 12.4. The average Bonchev–Trinajstić information content (AvgIpc) is 3.37. The molecule has 3 saturated heterocycles. The van der Waals surface area contributed by atoms with Crippen molar-refractivity contribution in [3.63, 3.8) is 0 Å². The second kappa shape index (κ2) is 9.43. The van der Waals surface area contributed by atoms with Crippen molar-refractivity contribution in [2.24, 2.45) is 17.8 Å². The maximum atomic E-state index is 13.7. The molecule has 1 aromatic carbocycles. The molecule has 3 heterocycles. The fraction of sp³-hybridized carbons (Fsp3) is 0.625. The van der Waals surface area contributed by atoms with Crippen LogP contribution in [0.25, 0.3) is 0 Å². The predicted molar refractivity (Wildman–Crippen MR) is 122 cm³/mol. The monoisotopic (exact) mass is 460 g/mol. The van der Waals surface area contributed by atoms with Crippen LogP contribution in [0.1, 0.15) is 38.7 Å². The Hall–Kier alpha value is -2.06. The molecule has 3 unspecified atom stereocenters. The molecule has 3 aliphatic heterocycles. The summed E-state index contributed by atoms with van der Waals surface area (Å²) < 4.78 is 4.72. The summed E-state index contributed by atoms with van der Waals surface area (Å²) in [5.74, 6) is -1.52. The predicted octanol–water partition coefficient (Wildman–Crippen LogP) is 1.98. The molecular formula is C24H32N2O5S. The number of hydrogen-bond donors (Lipinski definition) is 2. The first kappa shape index (κ1) is 23.1. The Morgan fingerprint density at radius 2 is 2.03 bits per heavy atom. The Balaban J connectivity index is 1.64. The van der Waals surface area contributed by atoms with E-state index in [9.17, 15) is 19.5 Å². The highest BCUT2D eigenvalue weighted by atomic mass is 32.2. The fourth-order valence-corrected chi connectivity index (χ4v) is 8.25. The van der Waals surface area contributed by atoms with E-state index < -0.39 is 22.6 Å². The Bertz CT molecular complexity index is 865. The van der Waals surface area contributed by atoms with Gasteiger partial charge in [-0.25, -0.2) is 0 Å². The summed E-state index contributed by atoms with van der Waals surface area (Å²) in [7, 11) is 0. The number of carbonyl (C=O) groups is 3. The van der Waals surface area contributed by atoms with E-state index in [1.807, 2.05) is 30.3 Å². The minimum atomic E-state index is -0.633. The number of aliphatic hydroxyl groups excluding tert-OH is 1. The normalized spacial score (nSPS) is 32.8. The summed E-state index contributed by atoms with van der Waals surface area (Å²) in [6.07, 6.45) is 1.97. The maximum Gasteiger partial charge on any atom is 0.310 e. The lowest BCUT2D eigenvalue weighted by Crippen LogP contribution is -2.56. The molecule has 4 rings (SSSR count). The van der Waals surface area contributed by atoms with Crippen LogP contribution in [-0.2, 0) is 25.7 Å². The van der Waals surface area contributed by atoms with Gasteiger partial charge in [-0.05, 0) is 37.7 Å². The van der Waals surface area contributed by atoms with Gasteiger partial charge in [0.1, 0.15) is 6.04 Å². The molecule has 0 saturated carbocycles. The quantitative estimate of drug-likeness (QED) is 0.432. The number of rotatable bonds is 9. The van der Waals surface area contributed by atoms with Gasteiger partial charge in [-0.3, -0.25) is 14.4 Å². The summed E-state index contributed by atoms with van der Waals surface area (Å²) in [5, 5.41) is 12.3. The number of unbranched alkanes of at least 4 members (excludes halogenated alkanes) is 1. The molecule has 8 heteroatoms. The number of esters is 1. The second-order valence-corrected chi connectivity index (χ2v) is 10.5. The summed E-state index contributed by atoms with van der Waals surface area (Å²) >= 11 is 1.65. The van der Waals surface area contributed by atoms with Crippen molar-refractivity contribution in [1.29, 1.82) is 0 Å². The van der Waals surface area contributed by atoms with Crippen LogP contribution in [0.3, 0.4) is 0 Å². The lowest BCUT2D eigenvalue weighted by molar-refractivity contribution is -0.154. The molecule has 2 bridgehead atoms. The lowest BCUT2D eigenvalue weighted by atomic mass is 9.66. The smallest absolute Gasteiger partial charge is 0.310 e. The first-order valence-electron chi connectivity index (χ1n) is 11.5. The van der Waals surface area contributed by atoms with Crippen LogP contribution >= 0.6 is 11.8 Å². The number of nitrogens with one attached hydrogen (secondary N) is 1. The SMILES string of the molecule is CCOC(=O)[C@@H]1[C@H]2C(=O)N(CCCCO)C(C(=O)NCc3ccccc3)C23S[C@@H]1CC3C. The number of fused-ring (bicyclic) bond motifs is 1. The number of aliphatic hydroxyl groups is 1. The van der Waals surface area contributed by atoms with E-state index in [4.69, 9.17) is 4.74 Å². The third-order valence-corrected chi connectivity index (χ3v) is 9.25. The summed E-state index contributed by atoms with van der Waals surface area (Å²) in [6, 6.07) is 9.06. The summed E-state index contributed by atoms with van der Waals surface area (Å²) in [4.78, 5) is 41.8. The summed E-state index contributed by atoms with van der Waals surface area (Å²) in [6.45, 7) is 4.98. The molecule has 32 heavy (non-hydrogen) atoms. The highest BCUT2D eigenvalue weighted by Gasteiger charge is 2.76. The zero-order valence-corrected chi connectivity index (χ0v) is 19.5. The molecule has 0 aromatic heterocycles. The van der Waals surface area contributed by atoms with Gasteiger partial charge in [0.05, 0.1) is 23.2 Å². The molecule has 1 spiro atoms. The zero-order chi connectivity index (χ0) is 22.9. The van der Waals surface area contributed by atoms with E-state index in [1.165, 1.54) is 0 Å². The highest BCUT2D eigenvalue weighted by Crippen LogP contribution is 2.68. The van der Waals surface area contributed by atoms with Gasteiger partial charge in [0.2, 0.25) is 11.8 Å². The van der Waals surface area contributed by atoms with Gasteiger partial charge in [0, 0.05) is 24.9 Å². The molecule has 0 aliphatic carbocycles. The molecule has 174 valence electrons. The second-order valence-electron chi connectivity index (χ2n) is 8.97. The standard InChI is InChI=1S/C24H32N2O5S/c1-3-31-23(30)18-17-13-15(2)24(32-17)19(18)22(29)26(11-7-8-12-27)20(24)21(28)25-14-16-9-5-4-6-10-16/h4-6,9-10,15,17-20,27H,3,7-8,11-14H2,1-2H3,(H,25,28)/t15?,17-,18+,19+,20?,24?/m1/s1. The van der Waals surface area contributed by atoms with Crippen LogP contribution in [0.15, 0.2) is 30.3 Å². The van der Waals surface area contributed by atoms with Crippen molar-refractivity contribution < 1.29 is 24.2 Å². The van der Waals surface area contributed by atoms with Crippen LogP contribution in [-0.4, -0.2) is 63.6 Å². The van der Waals surface area contributed by atoms with E-state index in [0.29, 0.717) is 25.9 Å². The Kier molecular flexibility index (Phi) is 6.81. The first-order chi connectivity index (χ1) is 15.5. The largest absolute Gasteiger partial charge is 0.466 e. The van der Waals surface area contributed by atoms with E-state index in [-0.39, 0.29) is 42.2 Å². The molecule has 6 atom stereocenters. The fourth-order valence-electron chi connectivity index (χ4n) is 5.84. The van der Waals surface area contributed by atoms with Gasteiger partial charge in [-0.2, -0.15) is 0 Å². The van der Waals surface area contributed by atoms with Crippen LogP contribution in [0.5, 0.6) is 0 Å². The van der Waals surface area contributed by atoms with Gasteiger partial charge >= 0.3 is 5.97 Å². The van der Waals surface area contributed by atoms with Gasteiger partial charge < -0.3 is 20.1 Å². The number of hydrogen-bond acceptors (Lipinski definition) is 6. The number of thioether (sulfide) groups is 1. The van der Waals surface area contributed by atoms with E-state index in [0.717, 1.165) is 12.0 Å². The highest BCUT2D eigenvalue weighted by molar-refractivity contribution is 8.02. The average molecular weight is 461 g/mol. The van der Waals surface area contributed by atoms with Gasteiger partial charge in [-0.1, -0.05) is 37.3 Å². The minimum Gasteiger partial charge on any atom is -0.466 e. The van der Waals surface area contributed by atoms with Crippen molar-refractivity contribution in [1.82, 2.24) is 10.2 Å². The number of benzene rings is 1. The molecule has 2 N–H and O–H groups in total. The Labute approximate surface area is 193 Å². The number of carbonyl (C=O) groups excluding carboxylic acids is 3. The topological polar surface area (TPSA) is 95.9 Å². The minimum absolute atomic E-state index is 0.00187. The molecule has 2 amide bonds. The zero-order valence-electron chi connectivity index (χ0n) is 18.7. The molecule has 0 radical (unpaired) electrons. The van der Waals surface area contributed by atoms with Gasteiger partial charge in [-0.15, -0.1) is 11.8 Å². The van der Waals surface area contributed by atoms with Crippen LogP contribution < -0.4 is 5.32 Å². The van der Waals surface area contributed by atoms with Crippen LogP contribution in [0.4, 0.5) is 0 Å². The van der Waals surface area contributed by atoms with Crippen molar-refractivity contribution in [2.75, 3.05) is 19.8 Å². The van der Waals surface area contributed by atoms with Crippen molar-refractivity contribution in [2.45, 2.75) is 55.7 Å². The summed E-state index contributed by atoms with van der Waals surface area (Å²) in [5.41, 5.74) is 0.992. The van der Waals surface area contributed by atoms with E-state index in [1.54, 1.807) is 23.6 Å². The van der Waals surface area contributed by atoms with Gasteiger partial charge in [0.25, 0.3) is 0 Å². The number of amides is 2. The third-order valence-electron chi connectivity index (χ3n) is 7.17. The van der Waals surface area contributed by atoms with Gasteiger partial charge in [0.15, 0.2) is 0 Å². The molecule has 3 fully saturated rings. The third kappa shape index (κ3) is 3.71. The number of nitrogens with zero attached hydrogens (tertiary/aromatic N) is 1. The Morgan fingerprint density at radius 1 is 1.28 bits per heavy atom. The lowest BCUT2D eigenvalue weighted by Gasteiger charge is -2.38. The van der Waals surface area contributed by atoms with Crippen molar-refractivity contribution in [3.8, 4) is 0 Å². The number of ether oxygens (including phenoxy) is 1. The van der Waals surface area contributed by atoms with Crippen molar-refractivity contribution >= 4 is 29.5 Å². The van der Waals surface area contributed by atoms with E-state index >= 15 is 0 Å². The van der Waals surface area contributed by atoms with Crippen molar-refractivity contribution in [3.05, 3.63) is 35.9 Å². The number of likely N-dealkylation sites (tertiary alicyclic amines) is 1. The van der Waals surface area contributed by atoms with Crippen LogP contribution in [0.2, 0.25) is 0 Å². The maximum absolute atomic E-state index is 13.7. The molecule has 7 nitrogen and oxygen atoms in total. The molecular weight excluding hydrogens is 428 g/mol. The van der Waals surface area contributed by atoms with Crippen LogP contribution in [0, 0.1) is 17.8 Å². The Morgan fingerprint density at radius 3 is 2.72 bits per heavy atom. The molecule has 1 aromatic rings.